The van der Waals surface area contributed by atoms with Crippen molar-refractivity contribution < 1.29 is 23.5 Å². The maximum Gasteiger partial charge on any atom is 0.180 e. The van der Waals surface area contributed by atoms with Crippen molar-refractivity contribution in [1.29, 1.82) is 0 Å². The van der Waals surface area contributed by atoms with Crippen LogP contribution in [0.2, 0.25) is 5.02 Å². The predicted octanol–water partition coefficient (Wildman–Crippen LogP) is 7.77. The summed E-state index contributed by atoms with van der Waals surface area (Å²) in [7, 11) is 2.00. The van der Waals surface area contributed by atoms with E-state index in [0.717, 1.165) is 35.4 Å². The van der Waals surface area contributed by atoms with Crippen LogP contribution in [0.15, 0.2) is 58.9 Å². The van der Waals surface area contributed by atoms with E-state index >= 15 is 0 Å². The van der Waals surface area contributed by atoms with Crippen molar-refractivity contribution >= 4 is 23.2 Å². The Labute approximate surface area is 241 Å². The average molecular weight is 566 g/mol. The second kappa shape index (κ2) is 10.4. The van der Waals surface area contributed by atoms with Gasteiger partial charge in [0.1, 0.15) is 12.4 Å². The summed E-state index contributed by atoms with van der Waals surface area (Å²) in [5.74, 6) is 0.123. The first kappa shape index (κ1) is 28.4. The Morgan fingerprint density at radius 1 is 0.900 bits per heavy atom. The van der Waals surface area contributed by atoms with Crippen molar-refractivity contribution in [3.05, 3.63) is 80.9 Å². The average Bonchev–Trinajstić information content (AvgIpc) is 2.85. The van der Waals surface area contributed by atoms with E-state index in [0.29, 0.717) is 47.1 Å². The van der Waals surface area contributed by atoms with Crippen LogP contribution in [0.5, 0.6) is 11.5 Å². The highest BCUT2D eigenvalue weighted by Gasteiger charge is 2.48. The van der Waals surface area contributed by atoms with E-state index in [9.17, 15) is 14.0 Å². The molecular formula is C33H37ClFNO4. The Morgan fingerprint density at radius 3 is 1.98 bits per heavy atom. The summed E-state index contributed by atoms with van der Waals surface area (Å²) in [5, 5.41) is 0.332. The van der Waals surface area contributed by atoms with Crippen molar-refractivity contribution in [2.75, 3.05) is 13.7 Å². The Bertz CT molecular complexity index is 1380. The van der Waals surface area contributed by atoms with E-state index in [2.05, 4.69) is 32.6 Å². The quantitative estimate of drug-likeness (QED) is 0.358. The van der Waals surface area contributed by atoms with Crippen LogP contribution in [0.4, 0.5) is 4.39 Å². The molecule has 1 aliphatic heterocycles. The molecule has 0 amide bonds. The molecule has 0 N–H and O–H groups in total. The number of benzene rings is 2. The second-order valence-corrected chi connectivity index (χ2v) is 13.2. The summed E-state index contributed by atoms with van der Waals surface area (Å²) in [6.07, 6.45) is 2.33. The van der Waals surface area contributed by atoms with Crippen molar-refractivity contribution in [3.63, 3.8) is 0 Å². The number of halogens is 2. The first-order valence-corrected chi connectivity index (χ1v) is 14.3. The topological polar surface area (TPSA) is 55.8 Å². The molecule has 0 radical (unpaired) electrons. The highest BCUT2D eigenvalue weighted by molar-refractivity contribution is 6.32. The van der Waals surface area contributed by atoms with Gasteiger partial charge < -0.3 is 14.4 Å². The lowest BCUT2D eigenvalue weighted by atomic mass is 9.63. The van der Waals surface area contributed by atoms with Gasteiger partial charge in [0.25, 0.3) is 0 Å². The maximum absolute atomic E-state index is 13.8. The SMILES string of the molecule is CCOc1cc(C2C3=C(CC(C)(C)CC3=O)N(C)C3=C2C(=O)CC(C)(C)C3)cc(Cl)c1OCc1ccc(F)cc1. The van der Waals surface area contributed by atoms with Gasteiger partial charge in [-0.25, -0.2) is 4.39 Å². The molecule has 0 bridgehead atoms. The lowest BCUT2D eigenvalue weighted by molar-refractivity contribution is -0.119. The molecule has 1 heterocycles. The number of ether oxygens (including phenoxy) is 2. The van der Waals surface area contributed by atoms with E-state index in [4.69, 9.17) is 21.1 Å². The highest BCUT2D eigenvalue weighted by Crippen LogP contribution is 2.55. The molecule has 2 aromatic carbocycles. The molecule has 0 unspecified atom stereocenters. The van der Waals surface area contributed by atoms with Gasteiger partial charge >= 0.3 is 0 Å². The van der Waals surface area contributed by atoms with E-state index in [-0.39, 0.29) is 34.8 Å². The molecule has 0 atom stereocenters. The van der Waals surface area contributed by atoms with Crippen molar-refractivity contribution in [2.45, 2.75) is 72.8 Å². The zero-order chi connectivity index (χ0) is 29.0. The van der Waals surface area contributed by atoms with Gasteiger partial charge in [0.05, 0.1) is 11.6 Å². The van der Waals surface area contributed by atoms with Gasteiger partial charge in [0, 0.05) is 48.3 Å². The smallest absolute Gasteiger partial charge is 0.180 e. The molecule has 0 saturated carbocycles. The molecule has 212 valence electrons. The highest BCUT2D eigenvalue weighted by atomic mass is 35.5. The standard InChI is InChI=1S/C33H37ClFNO4/c1-7-39-27-13-20(12-22(34)31(27)40-18-19-8-10-21(35)11-9-19)28-29-23(14-32(2,3)16-25(29)37)36(6)24-15-33(4,5)17-26(38)30(24)28/h8-13,28H,7,14-18H2,1-6H3. The number of rotatable bonds is 6. The molecule has 0 spiro atoms. The predicted molar refractivity (Wildman–Crippen MR) is 154 cm³/mol. The van der Waals surface area contributed by atoms with Crippen molar-refractivity contribution in [3.8, 4) is 11.5 Å². The van der Waals surface area contributed by atoms with Crippen LogP contribution in [0.3, 0.4) is 0 Å². The van der Waals surface area contributed by atoms with Crippen molar-refractivity contribution in [2.24, 2.45) is 10.8 Å². The number of carbonyl (C=O) groups excluding carboxylic acids is 2. The van der Waals surface area contributed by atoms with Crippen LogP contribution in [-0.2, 0) is 16.2 Å². The number of carbonyl (C=O) groups is 2. The molecule has 2 aliphatic carbocycles. The van der Waals surface area contributed by atoms with Crippen LogP contribution in [0.1, 0.15) is 77.3 Å². The zero-order valence-electron chi connectivity index (χ0n) is 24.1. The molecule has 0 saturated heterocycles. The number of hydrogen-bond donors (Lipinski definition) is 0. The Kier molecular flexibility index (Phi) is 7.37. The summed E-state index contributed by atoms with van der Waals surface area (Å²) in [6.45, 7) is 10.9. The molecule has 5 rings (SSSR count). The minimum absolute atomic E-state index is 0.0676. The first-order chi connectivity index (χ1) is 18.8. The maximum atomic E-state index is 13.8. The second-order valence-electron chi connectivity index (χ2n) is 12.8. The van der Waals surface area contributed by atoms with Gasteiger partial charge in [0.2, 0.25) is 0 Å². The van der Waals surface area contributed by atoms with E-state index in [1.807, 2.05) is 20.0 Å². The van der Waals surface area contributed by atoms with Gasteiger partial charge in [-0.1, -0.05) is 51.4 Å². The van der Waals surface area contributed by atoms with Crippen LogP contribution in [-0.4, -0.2) is 30.1 Å². The Hall–Kier alpha value is -3.12. The van der Waals surface area contributed by atoms with E-state index < -0.39 is 5.92 Å². The van der Waals surface area contributed by atoms with Gasteiger partial charge in [-0.15, -0.1) is 0 Å². The van der Waals surface area contributed by atoms with Gasteiger partial charge in [-0.2, -0.15) is 0 Å². The fourth-order valence-corrected chi connectivity index (χ4v) is 6.67. The molecule has 0 aromatic heterocycles. The third-order valence-electron chi connectivity index (χ3n) is 8.14. The van der Waals surface area contributed by atoms with Crippen LogP contribution in [0.25, 0.3) is 0 Å². The lowest BCUT2D eigenvalue weighted by Gasteiger charge is -2.48. The number of allylic oxidation sites excluding steroid dienone is 4. The van der Waals surface area contributed by atoms with Crippen LogP contribution in [0, 0.1) is 16.6 Å². The molecule has 5 nitrogen and oxygen atoms in total. The minimum atomic E-state index is -0.517. The van der Waals surface area contributed by atoms with E-state index in [1.54, 1.807) is 18.2 Å². The molecule has 0 fully saturated rings. The molecule has 2 aromatic rings. The number of nitrogens with zero attached hydrogens (tertiary/aromatic N) is 1. The van der Waals surface area contributed by atoms with Gasteiger partial charge in [-0.3, -0.25) is 9.59 Å². The fraction of sp³-hybridized carbons (Fsp3) is 0.455. The van der Waals surface area contributed by atoms with E-state index in [1.165, 1.54) is 12.1 Å². The third kappa shape index (κ3) is 5.30. The summed E-state index contributed by atoms with van der Waals surface area (Å²) >= 11 is 6.85. The summed E-state index contributed by atoms with van der Waals surface area (Å²) < 4.78 is 25.4. The largest absolute Gasteiger partial charge is 0.490 e. The van der Waals surface area contributed by atoms with Crippen molar-refractivity contribution in [1.82, 2.24) is 4.90 Å². The molecule has 40 heavy (non-hydrogen) atoms. The number of ketones is 2. The molecule has 7 heteroatoms. The third-order valence-corrected chi connectivity index (χ3v) is 8.42. The Morgan fingerprint density at radius 2 is 1.45 bits per heavy atom. The van der Waals surface area contributed by atoms with Crippen LogP contribution < -0.4 is 9.47 Å². The number of hydrogen-bond acceptors (Lipinski definition) is 5. The molecular weight excluding hydrogens is 529 g/mol. The summed E-state index contributed by atoms with van der Waals surface area (Å²) in [5.41, 5.74) is 4.54. The number of Topliss-reactive ketones (excluding diaryl/α,β-unsaturated/α-hetero) is 2. The minimum Gasteiger partial charge on any atom is -0.490 e. The zero-order valence-corrected chi connectivity index (χ0v) is 24.9. The summed E-state index contributed by atoms with van der Waals surface area (Å²) in [6, 6.07) is 9.74. The summed E-state index contributed by atoms with van der Waals surface area (Å²) in [4.78, 5) is 29.7. The fourth-order valence-electron chi connectivity index (χ4n) is 6.39. The Balaban J connectivity index is 1.63. The van der Waals surface area contributed by atoms with Gasteiger partial charge in [-0.05, 0) is 66.0 Å². The first-order valence-electron chi connectivity index (χ1n) is 13.9. The molecule has 3 aliphatic rings. The van der Waals surface area contributed by atoms with Crippen LogP contribution >= 0.6 is 11.6 Å². The lowest BCUT2D eigenvalue weighted by Crippen LogP contribution is -2.43. The monoisotopic (exact) mass is 565 g/mol. The normalized spacial score (nSPS) is 20.4. The van der Waals surface area contributed by atoms with Gasteiger partial charge in [0.15, 0.2) is 23.1 Å².